The predicted octanol–water partition coefficient (Wildman–Crippen LogP) is 2.31. The first-order chi connectivity index (χ1) is 9.22. The number of rotatable bonds is 3. The van der Waals surface area contributed by atoms with E-state index >= 15 is 0 Å². The third-order valence-electron chi connectivity index (χ3n) is 3.04. The highest BCUT2D eigenvalue weighted by molar-refractivity contribution is 5.50. The van der Waals surface area contributed by atoms with Crippen molar-refractivity contribution >= 4 is 11.5 Å². The van der Waals surface area contributed by atoms with Crippen molar-refractivity contribution in [1.29, 1.82) is 0 Å². The maximum absolute atomic E-state index is 5.74. The molecule has 0 atom stereocenters. The summed E-state index contributed by atoms with van der Waals surface area (Å²) in [5.74, 6) is 2.40. The summed E-state index contributed by atoms with van der Waals surface area (Å²) < 4.78 is 10.6. The molecule has 5 nitrogen and oxygen atoms in total. The highest BCUT2D eigenvalue weighted by Crippen LogP contribution is 2.32. The summed E-state index contributed by atoms with van der Waals surface area (Å²) in [5.41, 5.74) is 8.38. The molecule has 3 rings (SSSR count). The zero-order valence-electron chi connectivity index (χ0n) is 10.6. The summed E-state index contributed by atoms with van der Waals surface area (Å²) in [7, 11) is 0. The molecule has 0 saturated heterocycles. The van der Waals surface area contributed by atoms with E-state index in [-0.39, 0.29) is 0 Å². The van der Waals surface area contributed by atoms with E-state index in [4.69, 9.17) is 15.2 Å². The molecule has 0 radical (unpaired) electrons. The molecule has 3 N–H and O–H groups in total. The Labute approximate surface area is 111 Å². The molecule has 1 aromatic carbocycles. The van der Waals surface area contributed by atoms with Gasteiger partial charge >= 0.3 is 0 Å². The molecule has 5 heteroatoms. The lowest BCUT2D eigenvalue weighted by molar-refractivity contribution is 0.174. The van der Waals surface area contributed by atoms with Crippen molar-refractivity contribution in [3.8, 4) is 11.5 Å². The monoisotopic (exact) mass is 257 g/mol. The molecule has 0 spiro atoms. The van der Waals surface area contributed by atoms with Crippen molar-refractivity contribution in [2.24, 2.45) is 0 Å². The molecule has 19 heavy (non-hydrogen) atoms. The third kappa shape index (κ3) is 2.40. The molecule has 0 amide bonds. The summed E-state index contributed by atoms with van der Waals surface area (Å²) in [6.45, 7) is 2.86. The minimum atomic E-state index is 0.297. The van der Waals surface area contributed by atoms with Crippen LogP contribution in [0.3, 0.4) is 0 Å². The number of aryl methyl sites for hydroxylation is 1. The predicted molar refractivity (Wildman–Crippen MR) is 73.3 cm³/mol. The van der Waals surface area contributed by atoms with Crippen molar-refractivity contribution in [2.45, 2.75) is 13.5 Å². The fourth-order valence-corrected chi connectivity index (χ4v) is 1.91. The van der Waals surface area contributed by atoms with Gasteiger partial charge in [-0.2, -0.15) is 0 Å². The van der Waals surface area contributed by atoms with Crippen molar-refractivity contribution < 1.29 is 9.47 Å². The Morgan fingerprint density at radius 1 is 1.21 bits per heavy atom. The van der Waals surface area contributed by atoms with E-state index in [0.717, 1.165) is 28.6 Å². The van der Waals surface area contributed by atoms with Gasteiger partial charge in [0.1, 0.15) is 5.82 Å². The van der Waals surface area contributed by atoms with Crippen molar-refractivity contribution in [3.63, 3.8) is 0 Å². The van der Waals surface area contributed by atoms with E-state index in [2.05, 4.69) is 10.3 Å². The van der Waals surface area contributed by atoms with E-state index in [1.807, 2.05) is 37.3 Å². The van der Waals surface area contributed by atoms with Gasteiger partial charge in [-0.05, 0) is 36.8 Å². The van der Waals surface area contributed by atoms with Crippen LogP contribution in [0.1, 0.15) is 11.3 Å². The zero-order valence-corrected chi connectivity index (χ0v) is 10.6. The molecule has 2 aromatic rings. The average molecular weight is 257 g/mol. The maximum atomic E-state index is 5.74. The Morgan fingerprint density at radius 3 is 2.89 bits per heavy atom. The molecule has 0 unspecified atom stereocenters. The van der Waals surface area contributed by atoms with Gasteiger partial charge in [0.2, 0.25) is 6.79 Å². The van der Waals surface area contributed by atoms with Crippen molar-refractivity contribution in [1.82, 2.24) is 4.98 Å². The van der Waals surface area contributed by atoms with Gasteiger partial charge in [-0.15, -0.1) is 0 Å². The SMILES string of the molecule is Cc1nc(NCc2ccc3c(c2)OCO3)ccc1N. The van der Waals surface area contributed by atoms with E-state index in [0.29, 0.717) is 19.0 Å². The molecule has 0 fully saturated rings. The van der Waals surface area contributed by atoms with Crippen LogP contribution < -0.4 is 20.5 Å². The number of nitrogen functional groups attached to an aromatic ring is 1. The first-order valence-corrected chi connectivity index (χ1v) is 6.08. The molecule has 1 aromatic heterocycles. The number of aromatic nitrogens is 1. The first kappa shape index (κ1) is 11.6. The second-order valence-electron chi connectivity index (χ2n) is 4.41. The van der Waals surface area contributed by atoms with Crippen LogP contribution in [-0.2, 0) is 6.54 Å². The Balaban J connectivity index is 1.70. The van der Waals surface area contributed by atoms with Gasteiger partial charge in [-0.25, -0.2) is 4.98 Å². The zero-order chi connectivity index (χ0) is 13.2. The Bertz CT molecular complexity index is 614. The third-order valence-corrected chi connectivity index (χ3v) is 3.04. The molecule has 0 aliphatic carbocycles. The van der Waals surface area contributed by atoms with E-state index in [9.17, 15) is 0 Å². The van der Waals surface area contributed by atoms with Gasteiger partial charge in [0.25, 0.3) is 0 Å². The van der Waals surface area contributed by atoms with Gasteiger partial charge in [-0.3, -0.25) is 0 Å². The maximum Gasteiger partial charge on any atom is 0.231 e. The summed E-state index contributed by atoms with van der Waals surface area (Å²) >= 11 is 0. The molecule has 0 saturated carbocycles. The minimum Gasteiger partial charge on any atom is -0.454 e. The number of hydrogen-bond acceptors (Lipinski definition) is 5. The van der Waals surface area contributed by atoms with Crippen LogP contribution in [-0.4, -0.2) is 11.8 Å². The lowest BCUT2D eigenvalue weighted by Gasteiger charge is -2.08. The highest BCUT2D eigenvalue weighted by atomic mass is 16.7. The minimum absolute atomic E-state index is 0.297. The Hall–Kier alpha value is -2.43. The van der Waals surface area contributed by atoms with E-state index in [1.54, 1.807) is 0 Å². The molecule has 0 bridgehead atoms. The van der Waals surface area contributed by atoms with Gasteiger partial charge in [0, 0.05) is 6.54 Å². The summed E-state index contributed by atoms with van der Waals surface area (Å²) in [6, 6.07) is 9.62. The smallest absolute Gasteiger partial charge is 0.231 e. The van der Waals surface area contributed by atoms with E-state index < -0.39 is 0 Å². The number of anilines is 2. The van der Waals surface area contributed by atoms with Crippen LogP contribution in [0.2, 0.25) is 0 Å². The number of nitrogens with one attached hydrogen (secondary N) is 1. The second kappa shape index (κ2) is 4.68. The normalized spacial score (nSPS) is 12.5. The van der Waals surface area contributed by atoms with Gasteiger partial charge in [-0.1, -0.05) is 6.07 Å². The van der Waals surface area contributed by atoms with Gasteiger partial charge in [0.15, 0.2) is 11.5 Å². The van der Waals surface area contributed by atoms with Crippen molar-refractivity contribution in [2.75, 3.05) is 17.8 Å². The molecule has 1 aliphatic heterocycles. The topological polar surface area (TPSA) is 69.4 Å². The van der Waals surface area contributed by atoms with E-state index in [1.165, 1.54) is 0 Å². The number of ether oxygens (including phenoxy) is 2. The number of nitrogens with zero attached hydrogens (tertiary/aromatic N) is 1. The fraction of sp³-hybridized carbons (Fsp3) is 0.214. The van der Waals surface area contributed by atoms with Crippen LogP contribution in [0.4, 0.5) is 11.5 Å². The van der Waals surface area contributed by atoms with Crippen molar-refractivity contribution in [3.05, 3.63) is 41.6 Å². The Kier molecular flexibility index (Phi) is 2.87. The van der Waals surface area contributed by atoms with Crippen LogP contribution in [0.15, 0.2) is 30.3 Å². The number of fused-ring (bicyclic) bond motifs is 1. The highest BCUT2D eigenvalue weighted by Gasteiger charge is 2.12. The molecular weight excluding hydrogens is 242 g/mol. The van der Waals surface area contributed by atoms with Gasteiger partial charge < -0.3 is 20.5 Å². The number of benzene rings is 1. The Morgan fingerprint density at radius 2 is 2.05 bits per heavy atom. The second-order valence-corrected chi connectivity index (χ2v) is 4.41. The first-order valence-electron chi connectivity index (χ1n) is 6.08. The molecule has 1 aliphatic rings. The quantitative estimate of drug-likeness (QED) is 0.883. The standard InChI is InChI=1S/C14H15N3O2/c1-9-11(15)3-5-14(17-9)16-7-10-2-4-12-13(6-10)19-8-18-12/h2-6H,7-8,15H2,1H3,(H,16,17). The van der Waals surface area contributed by atoms with Crippen LogP contribution in [0.5, 0.6) is 11.5 Å². The molecular formula is C14H15N3O2. The number of hydrogen-bond donors (Lipinski definition) is 2. The number of pyridine rings is 1. The summed E-state index contributed by atoms with van der Waals surface area (Å²) in [4.78, 5) is 4.37. The number of nitrogens with two attached hydrogens (primary N) is 1. The van der Waals surface area contributed by atoms with Gasteiger partial charge in [0.05, 0.1) is 11.4 Å². The fourth-order valence-electron chi connectivity index (χ4n) is 1.91. The lowest BCUT2D eigenvalue weighted by atomic mass is 10.2. The lowest BCUT2D eigenvalue weighted by Crippen LogP contribution is -2.03. The summed E-state index contributed by atoms with van der Waals surface area (Å²) in [5, 5.41) is 3.26. The molecule has 98 valence electrons. The van der Waals surface area contributed by atoms with Crippen LogP contribution in [0, 0.1) is 6.92 Å². The summed E-state index contributed by atoms with van der Waals surface area (Å²) in [6.07, 6.45) is 0. The molecule has 2 heterocycles. The average Bonchev–Trinajstić information content (AvgIpc) is 2.87. The van der Waals surface area contributed by atoms with Crippen LogP contribution in [0.25, 0.3) is 0 Å². The van der Waals surface area contributed by atoms with Crippen LogP contribution >= 0.6 is 0 Å². The largest absolute Gasteiger partial charge is 0.454 e.